The van der Waals surface area contributed by atoms with Gasteiger partial charge in [0.2, 0.25) is 15.9 Å². The van der Waals surface area contributed by atoms with Crippen LogP contribution < -0.4 is 0 Å². The molecule has 0 saturated carbocycles. The van der Waals surface area contributed by atoms with Crippen LogP contribution in [0.3, 0.4) is 0 Å². The van der Waals surface area contributed by atoms with E-state index in [0.717, 1.165) is 6.42 Å². The Hall–Kier alpha value is -0.990. The van der Waals surface area contributed by atoms with Crippen molar-refractivity contribution in [2.75, 3.05) is 19.3 Å². The summed E-state index contributed by atoms with van der Waals surface area (Å²) in [5.74, 6) is 1.49. The number of nitrogens with zero attached hydrogens (tertiary/aromatic N) is 3. The lowest BCUT2D eigenvalue weighted by Gasteiger charge is -2.16. The molecule has 19 heavy (non-hydrogen) atoms. The van der Waals surface area contributed by atoms with E-state index in [9.17, 15) is 8.42 Å². The summed E-state index contributed by atoms with van der Waals surface area (Å²) in [7, 11) is -3.11. The zero-order valence-electron chi connectivity index (χ0n) is 10.9. The lowest BCUT2D eigenvalue weighted by molar-refractivity contribution is 0.0401. The molecule has 2 fully saturated rings. The Labute approximate surface area is 112 Å². The first kappa shape index (κ1) is 13.0. The Morgan fingerprint density at radius 2 is 2.21 bits per heavy atom. The molecule has 1 aromatic heterocycles. The van der Waals surface area contributed by atoms with E-state index in [0.29, 0.717) is 31.2 Å². The molecule has 1 aromatic rings. The van der Waals surface area contributed by atoms with Crippen LogP contribution in [0.1, 0.15) is 18.1 Å². The van der Waals surface area contributed by atoms with Crippen LogP contribution in [0.2, 0.25) is 0 Å². The molecule has 0 spiro atoms. The molecule has 7 nitrogen and oxygen atoms in total. The third-order valence-corrected chi connectivity index (χ3v) is 4.96. The van der Waals surface area contributed by atoms with Crippen LogP contribution in [0, 0.1) is 12.8 Å². The molecular formula is C11H17N3O4S. The van der Waals surface area contributed by atoms with Crippen LogP contribution in [0.5, 0.6) is 0 Å². The predicted molar refractivity (Wildman–Crippen MR) is 65.9 cm³/mol. The van der Waals surface area contributed by atoms with Gasteiger partial charge in [0.25, 0.3) is 0 Å². The Bertz CT molecular complexity index is 556. The molecule has 2 saturated heterocycles. The summed E-state index contributed by atoms with van der Waals surface area (Å²) in [6, 6.07) is 0. The number of hydrogen-bond donors (Lipinski definition) is 0. The zero-order valence-corrected chi connectivity index (χ0v) is 11.8. The Morgan fingerprint density at radius 3 is 2.79 bits per heavy atom. The Balaban J connectivity index is 1.59. The smallest absolute Gasteiger partial charge is 0.229 e. The highest BCUT2D eigenvalue weighted by molar-refractivity contribution is 7.88. The third-order valence-electron chi connectivity index (χ3n) is 3.72. The molecule has 2 aliphatic rings. The van der Waals surface area contributed by atoms with Crippen LogP contribution in [0.25, 0.3) is 0 Å². The molecule has 0 amide bonds. The summed E-state index contributed by atoms with van der Waals surface area (Å²) >= 11 is 0. The SMILES string of the molecule is Cc1noc(C[C@H]2C[C@H]3CN(S(C)(=O)=O)C[C@H]3O2)n1. The van der Waals surface area contributed by atoms with E-state index in [1.807, 2.05) is 0 Å². The van der Waals surface area contributed by atoms with Gasteiger partial charge in [0.15, 0.2) is 5.82 Å². The van der Waals surface area contributed by atoms with Gasteiger partial charge in [0, 0.05) is 19.0 Å². The lowest BCUT2D eigenvalue weighted by Crippen LogP contribution is -2.30. The van der Waals surface area contributed by atoms with Crippen molar-refractivity contribution in [1.82, 2.24) is 14.4 Å². The van der Waals surface area contributed by atoms with Crippen molar-refractivity contribution in [3.8, 4) is 0 Å². The van der Waals surface area contributed by atoms with Crippen molar-refractivity contribution in [3.05, 3.63) is 11.7 Å². The van der Waals surface area contributed by atoms with E-state index in [1.165, 1.54) is 10.6 Å². The first-order valence-corrected chi connectivity index (χ1v) is 8.16. The Morgan fingerprint density at radius 1 is 1.42 bits per heavy atom. The van der Waals surface area contributed by atoms with Crippen molar-refractivity contribution in [2.45, 2.75) is 32.0 Å². The van der Waals surface area contributed by atoms with Crippen LogP contribution in [-0.2, 0) is 21.2 Å². The summed E-state index contributed by atoms with van der Waals surface area (Å²) in [4.78, 5) is 4.16. The second-order valence-electron chi connectivity index (χ2n) is 5.31. The fourth-order valence-electron chi connectivity index (χ4n) is 2.84. The van der Waals surface area contributed by atoms with Crippen molar-refractivity contribution < 1.29 is 17.7 Å². The molecule has 0 N–H and O–H groups in total. The molecule has 8 heteroatoms. The maximum Gasteiger partial charge on any atom is 0.229 e. The average molecular weight is 287 g/mol. The minimum Gasteiger partial charge on any atom is -0.373 e. The van der Waals surface area contributed by atoms with Crippen LogP contribution in [0.4, 0.5) is 0 Å². The van der Waals surface area contributed by atoms with Crippen molar-refractivity contribution >= 4 is 10.0 Å². The molecule has 2 aliphatic heterocycles. The summed E-state index contributed by atoms with van der Waals surface area (Å²) in [5.41, 5.74) is 0. The van der Waals surface area contributed by atoms with E-state index < -0.39 is 10.0 Å². The highest BCUT2D eigenvalue weighted by Crippen LogP contribution is 2.34. The average Bonchev–Trinajstić information content (AvgIpc) is 2.91. The van der Waals surface area contributed by atoms with E-state index in [4.69, 9.17) is 9.26 Å². The second-order valence-corrected chi connectivity index (χ2v) is 7.29. The first-order chi connectivity index (χ1) is 8.91. The van der Waals surface area contributed by atoms with Crippen LogP contribution in [-0.4, -0.2) is 54.4 Å². The molecular weight excluding hydrogens is 270 g/mol. The maximum atomic E-state index is 11.5. The van der Waals surface area contributed by atoms with Gasteiger partial charge < -0.3 is 9.26 Å². The van der Waals surface area contributed by atoms with E-state index in [1.54, 1.807) is 6.92 Å². The van der Waals surface area contributed by atoms with E-state index in [-0.39, 0.29) is 18.1 Å². The van der Waals surface area contributed by atoms with Crippen LogP contribution >= 0.6 is 0 Å². The number of aromatic nitrogens is 2. The zero-order chi connectivity index (χ0) is 13.6. The number of rotatable bonds is 3. The normalized spacial score (nSPS) is 31.8. The first-order valence-electron chi connectivity index (χ1n) is 6.31. The van der Waals surface area contributed by atoms with Gasteiger partial charge in [0.1, 0.15) is 0 Å². The monoisotopic (exact) mass is 287 g/mol. The Kier molecular flexibility index (Phi) is 3.11. The number of ether oxygens (including phenoxy) is 1. The highest BCUT2D eigenvalue weighted by Gasteiger charge is 2.44. The van der Waals surface area contributed by atoms with Gasteiger partial charge in [-0.15, -0.1) is 0 Å². The molecule has 3 atom stereocenters. The number of fused-ring (bicyclic) bond motifs is 1. The molecule has 0 radical (unpaired) electrons. The van der Waals surface area contributed by atoms with Gasteiger partial charge in [-0.3, -0.25) is 0 Å². The minimum atomic E-state index is -3.11. The third kappa shape index (κ3) is 2.65. The fourth-order valence-corrected chi connectivity index (χ4v) is 3.72. The molecule has 3 heterocycles. The topological polar surface area (TPSA) is 85.5 Å². The molecule has 0 bridgehead atoms. The van der Waals surface area contributed by atoms with Crippen molar-refractivity contribution in [3.63, 3.8) is 0 Å². The summed E-state index contributed by atoms with van der Waals surface area (Å²) in [5, 5.41) is 3.75. The summed E-state index contributed by atoms with van der Waals surface area (Å²) in [6.07, 6.45) is 2.75. The van der Waals surface area contributed by atoms with E-state index >= 15 is 0 Å². The summed E-state index contributed by atoms with van der Waals surface area (Å²) < 4.78 is 35.4. The van der Waals surface area contributed by atoms with E-state index in [2.05, 4.69) is 10.1 Å². The standard InChI is InChI=1S/C11H17N3O4S/c1-7-12-11(18-13-7)4-9-3-8-5-14(19(2,15)16)6-10(8)17-9/h8-10H,3-6H2,1-2H3/t8-,9+,10+/m0/s1. The largest absolute Gasteiger partial charge is 0.373 e. The number of hydrogen-bond acceptors (Lipinski definition) is 6. The second kappa shape index (κ2) is 4.53. The molecule has 106 valence electrons. The van der Waals surface area contributed by atoms with Gasteiger partial charge in [0.05, 0.1) is 24.9 Å². The maximum absolute atomic E-state index is 11.5. The van der Waals surface area contributed by atoms with Crippen molar-refractivity contribution in [1.29, 1.82) is 0 Å². The molecule has 0 aliphatic carbocycles. The summed E-state index contributed by atoms with van der Waals surface area (Å²) in [6.45, 7) is 2.80. The quantitative estimate of drug-likeness (QED) is 0.776. The highest BCUT2D eigenvalue weighted by atomic mass is 32.2. The van der Waals surface area contributed by atoms with Crippen LogP contribution in [0.15, 0.2) is 4.52 Å². The molecule has 0 aromatic carbocycles. The van der Waals surface area contributed by atoms with Gasteiger partial charge >= 0.3 is 0 Å². The lowest BCUT2D eigenvalue weighted by atomic mass is 10.0. The molecule has 3 rings (SSSR count). The number of sulfonamides is 1. The molecule has 0 unspecified atom stereocenters. The minimum absolute atomic E-state index is 0.00347. The fraction of sp³-hybridized carbons (Fsp3) is 0.818. The van der Waals surface area contributed by atoms with Gasteiger partial charge in [-0.25, -0.2) is 8.42 Å². The van der Waals surface area contributed by atoms with Crippen molar-refractivity contribution in [2.24, 2.45) is 5.92 Å². The van der Waals surface area contributed by atoms with Gasteiger partial charge in [-0.1, -0.05) is 5.16 Å². The van der Waals surface area contributed by atoms with Gasteiger partial charge in [-0.05, 0) is 13.3 Å². The predicted octanol–water partition coefficient (Wildman–Crippen LogP) is -0.0306. The number of aryl methyl sites for hydroxylation is 1. The van der Waals surface area contributed by atoms with Gasteiger partial charge in [-0.2, -0.15) is 9.29 Å².